The van der Waals surface area contributed by atoms with Gasteiger partial charge in [-0.1, -0.05) is 20.8 Å². The Balaban J connectivity index is 2.18. The third kappa shape index (κ3) is 3.69. The lowest BCUT2D eigenvalue weighted by Crippen LogP contribution is -2.52. The second kappa shape index (κ2) is 5.87. The minimum Gasteiger partial charge on any atom is -0.340 e. The first-order chi connectivity index (χ1) is 10.2. The van der Waals surface area contributed by atoms with Gasteiger partial charge in [-0.3, -0.25) is 19.7 Å². The minimum atomic E-state index is -0.772. The van der Waals surface area contributed by atoms with Gasteiger partial charge in [-0.2, -0.15) is 0 Å². The van der Waals surface area contributed by atoms with E-state index in [-0.39, 0.29) is 29.7 Å². The molecule has 2 N–H and O–H groups in total. The molecule has 3 amide bonds. The number of benzene rings is 1. The first-order valence-electron chi connectivity index (χ1n) is 7.12. The van der Waals surface area contributed by atoms with Crippen LogP contribution in [0, 0.1) is 5.82 Å². The van der Waals surface area contributed by atoms with Gasteiger partial charge < -0.3 is 5.32 Å². The Kier molecular flexibility index (Phi) is 4.30. The molecule has 1 aliphatic rings. The Morgan fingerprint density at radius 2 is 1.95 bits per heavy atom. The Morgan fingerprint density at radius 1 is 1.27 bits per heavy atom. The fraction of sp³-hybridized carbons (Fsp3) is 0.438. The lowest BCUT2D eigenvalue weighted by Gasteiger charge is -2.23. The van der Waals surface area contributed by atoms with Crippen molar-refractivity contribution in [3.05, 3.63) is 35.1 Å². The summed E-state index contributed by atoms with van der Waals surface area (Å²) in [5, 5.41) is 4.71. The Hall–Kier alpha value is -2.24. The Labute approximate surface area is 128 Å². The van der Waals surface area contributed by atoms with Crippen LogP contribution in [0.5, 0.6) is 0 Å². The zero-order valence-electron chi connectivity index (χ0n) is 12.8. The molecule has 6 heteroatoms. The van der Waals surface area contributed by atoms with E-state index >= 15 is 0 Å². The first-order valence-corrected chi connectivity index (χ1v) is 7.12. The summed E-state index contributed by atoms with van der Waals surface area (Å²) in [6.07, 6.45) is 0.422. The maximum Gasteiger partial charge on any atom is 0.252 e. The third-order valence-electron chi connectivity index (χ3n) is 3.57. The van der Waals surface area contributed by atoms with Crippen LogP contribution in [-0.4, -0.2) is 23.8 Å². The topological polar surface area (TPSA) is 75.3 Å². The molecule has 5 nitrogen and oxygen atoms in total. The van der Waals surface area contributed by atoms with Gasteiger partial charge in [0.2, 0.25) is 11.8 Å². The number of imide groups is 1. The molecule has 1 unspecified atom stereocenters. The van der Waals surface area contributed by atoms with Crippen molar-refractivity contribution in [3.63, 3.8) is 0 Å². The van der Waals surface area contributed by atoms with E-state index in [9.17, 15) is 18.8 Å². The van der Waals surface area contributed by atoms with Gasteiger partial charge in [-0.25, -0.2) is 4.39 Å². The van der Waals surface area contributed by atoms with Gasteiger partial charge in [0, 0.05) is 12.0 Å². The molecule has 118 valence electrons. The largest absolute Gasteiger partial charge is 0.340 e. The van der Waals surface area contributed by atoms with Crippen LogP contribution in [0.3, 0.4) is 0 Å². The van der Waals surface area contributed by atoms with Crippen LogP contribution < -0.4 is 10.6 Å². The number of amides is 3. The van der Waals surface area contributed by atoms with Crippen LogP contribution in [0.15, 0.2) is 18.2 Å². The monoisotopic (exact) mass is 306 g/mol. The molecule has 1 fully saturated rings. The normalized spacial score (nSPS) is 18.8. The average Bonchev–Trinajstić information content (AvgIpc) is 2.40. The van der Waals surface area contributed by atoms with Gasteiger partial charge in [0.1, 0.15) is 11.9 Å². The number of hydrogen-bond acceptors (Lipinski definition) is 3. The molecule has 1 heterocycles. The van der Waals surface area contributed by atoms with Gasteiger partial charge in [-0.15, -0.1) is 0 Å². The molecule has 1 aromatic rings. The van der Waals surface area contributed by atoms with Crippen molar-refractivity contribution in [2.45, 2.75) is 45.1 Å². The van der Waals surface area contributed by atoms with E-state index in [4.69, 9.17) is 0 Å². The highest BCUT2D eigenvalue weighted by atomic mass is 19.1. The fourth-order valence-electron chi connectivity index (χ4n) is 2.23. The zero-order chi connectivity index (χ0) is 16.5. The summed E-state index contributed by atoms with van der Waals surface area (Å²) >= 11 is 0. The van der Waals surface area contributed by atoms with Gasteiger partial charge in [0.15, 0.2) is 0 Å². The van der Waals surface area contributed by atoms with Crippen LogP contribution in [0.1, 0.15) is 49.5 Å². The second-order valence-corrected chi connectivity index (χ2v) is 6.46. The van der Waals surface area contributed by atoms with E-state index in [1.807, 2.05) is 20.8 Å². The number of nitrogens with one attached hydrogen (secondary N) is 2. The maximum absolute atomic E-state index is 13.7. The van der Waals surface area contributed by atoms with E-state index in [2.05, 4.69) is 10.6 Å². The van der Waals surface area contributed by atoms with Crippen molar-refractivity contribution in [2.75, 3.05) is 0 Å². The summed E-state index contributed by atoms with van der Waals surface area (Å²) in [4.78, 5) is 35.0. The number of piperidine rings is 1. The van der Waals surface area contributed by atoms with E-state index in [0.29, 0.717) is 5.56 Å². The second-order valence-electron chi connectivity index (χ2n) is 6.46. The quantitative estimate of drug-likeness (QED) is 0.816. The Bertz CT molecular complexity index is 635. The summed E-state index contributed by atoms with van der Waals surface area (Å²) in [5.74, 6) is -1.91. The highest BCUT2D eigenvalue weighted by molar-refractivity contribution is 6.03. The molecule has 1 aliphatic heterocycles. The summed E-state index contributed by atoms with van der Waals surface area (Å²) in [5.41, 5.74) is 0.557. The average molecular weight is 306 g/mol. The summed E-state index contributed by atoms with van der Waals surface area (Å²) in [6, 6.07) is 3.37. The smallest absolute Gasteiger partial charge is 0.252 e. The van der Waals surface area contributed by atoms with E-state index in [1.165, 1.54) is 6.07 Å². The van der Waals surface area contributed by atoms with Crippen molar-refractivity contribution in [3.8, 4) is 0 Å². The molecule has 0 saturated carbocycles. The SMILES string of the molecule is CC(C)(C)c1cc(F)cc(C(=O)NC2CCC(=O)NC2=O)c1. The van der Waals surface area contributed by atoms with Crippen LogP contribution in [0.2, 0.25) is 0 Å². The molecule has 0 aromatic heterocycles. The highest BCUT2D eigenvalue weighted by Gasteiger charge is 2.28. The van der Waals surface area contributed by atoms with Crippen molar-refractivity contribution < 1.29 is 18.8 Å². The number of carbonyl (C=O) groups is 3. The summed E-state index contributed by atoms with van der Waals surface area (Å²) in [7, 11) is 0. The molecular formula is C16H19FN2O3. The van der Waals surface area contributed by atoms with Crippen LogP contribution in [0.4, 0.5) is 4.39 Å². The van der Waals surface area contributed by atoms with Crippen LogP contribution in [-0.2, 0) is 15.0 Å². The molecule has 1 atom stereocenters. The van der Waals surface area contributed by atoms with Gasteiger partial charge in [0.05, 0.1) is 0 Å². The van der Waals surface area contributed by atoms with Gasteiger partial charge in [0.25, 0.3) is 5.91 Å². The molecule has 0 radical (unpaired) electrons. The third-order valence-corrected chi connectivity index (χ3v) is 3.57. The number of rotatable bonds is 2. The van der Waals surface area contributed by atoms with E-state index in [0.717, 1.165) is 6.07 Å². The fourth-order valence-corrected chi connectivity index (χ4v) is 2.23. The standard InChI is InChI=1S/C16H19FN2O3/c1-16(2,3)10-6-9(7-11(17)8-10)14(21)18-12-4-5-13(20)19-15(12)22/h6-8,12H,4-5H2,1-3H3,(H,18,21)(H,19,20,22). The highest BCUT2D eigenvalue weighted by Crippen LogP contribution is 2.24. The van der Waals surface area contributed by atoms with Crippen LogP contribution in [0.25, 0.3) is 0 Å². The molecular weight excluding hydrogens is 287 g/mol. The van der Waals surface area contributed by atoms with Crippen LogP contribution >= 0.6 is 0 Å². The van der Waals surface area contributed by atoms with Crippen molar-refractivity contribution in [2.24, 2.45) is 0 Å². The van der Waals surface area contributed by atoms with E-state index < -0.39 is 23.7 Å². The molecule has 0 aliphatic carbocycles. The molecule has 22 heavy (non-hydrogen) atoms. The van der Waals surface area contributed by atoms with Crippen molar-refractivity contribution in [1.29, 1.82) is 0 Å². The zero-order valence-corrected chi connectivity index (χ0v) is 12.8. The molecule has 0 spiro atoms. The van der Waals surface area contributed by atoms with Gasteiger partial charge in [-0.05, 0) is 35.6 Å². The number of carbonyl (C=O) groups excluding carboxylic acids is 3. The van der Waals surface area contributed by atoms with Crippen molar-refractivity contribution in [1.82, 2.24) is 10.6 Å². The molecule has 0 bridgehead atoms. The minimum absolute atomic E-state index is 0.162. The van der Waals surface area contributed by atoms with Crippen molar-refractivity contribution >= 4 is 17.7 Å². The lowest BCUT2D eigenvalue weighted by atomic mass is 9.86. The predicted octanol–water partition coefficient (Wildman–Crippen LogP) is 1.66. The summed E-state index contributed by atoms with van der Waals surface area (Å²) in [6.45, 7) is 5.76. The number of hydrogen-bond donors (Lipinski definition) is 2. The van der Waals surface area contributed by atoms with Gasteiger partial charge >= 0.3 is 0 Å². The molecule has 2 rings (SSSR count). The predicted molar refractivity (Wildman–Crippen MR) is 78.7 cm³/mol. The summed E-state index contributed by atoms with van der Waals surface area (Å²) < 4.78 is 13.7. The lowest BCUT2D eigenvalue weighted by molar-refractivity contribution is -0.134. The number of halogens is 1. The first kappa shape index (κ1) is 16.1. The molecule has 1 aromatic carbocycles. The van der Waals surface area contributed by atoms with E-state index in [1.54, 1.807) is 6.07 Å². The molecule has 1 saturated heterocycles. The maximum atomic E-state index is 13.7. The Morgan fingerprint density at radius 3 is 2.55 bits per heavy atom.